The Kier molecular flexibility index (Phi) is 5.95. The minimum atomic E-state index is 0.130. The second-order valence-corrected chi connectivity index (χ2v) is 5.74. The quantitative estimate of drug-likeness (QED) is 0.814. The van der Waals surface area contributed by atoms with Gasteiger partial charge in [-0.15, -0.1) is 0 Å². The first kappa shape index (κ1) is 16.9. The third kappa shape index (κ3) is 3.86. The van der Waals surface area contributed by atoms with Crippen LogP contribution in [-0.2, 0) is 6.54 Å². The first-order valence-corrected chi connectivity index (χ1v) is 7.70. The number of ether oxygens (including phenoxy) is 2. The first-order chi connectivity index (χ1) is 10.6. The summed E-state index contributed by atoms with van der Waals surface area (Å²) in [6.45, 7) is 2.73. The Morgan fingerprint density at radius 3 is 2.45 bits per heavy atom. The number of nitrogens with one attached hydrogen (secondary N) is 1. The Bertz CT molecular complexity index is 647. The lowest BCUT2D eigenvalue weighted by atomic mass is 10.1. The summed E-state index contributed by atoms with van der Waals surface area (Å²) < 4.78 is 10.7. The highest BCUT2D eigenvalue weighted by atomic mass is 35.5. The van der Waals surface area contributed by atoms with Gasteiger partial charge in [-0.1, -0.05) is 41.4 Å². The van der Waals surface area contributed by atoms with E-state index in [-0.39, 0.29) is 6.04 Å². The molecule has 2 aromatic carbocycles. The molecule has 0 saturated heterocycles. The molecule has 0 aromatic heterocycles. The van der Waals surface area contributed by atoms with Gasteiger partial charge in [0, 0.05) is 18.2 Å². The Balaban J connectivity index is 2.11. The van der Waals surface area contributed by atoms with E-state index in [4.69, 9.17) is 32.7 Å². The third-order valence-electron chi connectivity index (χ3n) is 3.53. The van der Waals surface area contributed by atoms with Crippen LogP contribution >= 0.6 is 23.2 Å². The fourth-order valence-electron chi connectivity index (χ4n) is 2.26. The number of para-hydroxylation sites is 1. The Morgan fingerprint density at radius 1 is 1.05 bits per heavy atom. The molecule has 2 aromatic rings. The van der Waals surface area contributed by atoms with Crippen LogP contribution in [0.15, 0.2) is 36.4 Å². The molecular formula is C17H19Cl2NO2. The van der Waals surface area contributed by atoms with Crippen LogP contribution in [0.25, 0.3) is 0 Å². The van der Waals surface area contributed by atoms with E-state index in [0.29, 0.717) is 16.6 Å². The van der Waals surface area contributed by atoms with E-state index in [9.17, 15) is 0 Å². The first-order valence-electron chi connectivity index (χ1n) is 6.95. The number of benzene rings is 2. The van der Waals surface area contributed by atoms with Crippen LogP contribution in [0.1, 0.15) is 24.1 Å². The van der Waals surface area contributed by atoms with Crippen molar-refractivity contribution in [1.29, 1.82) is 0 Å². The lowest BCUT2D eigenvalue weighted by molar-refractivity contribution is 0.350. The van der Waals surface area contributed by atoms with Crippen molar-refractivity contribution in [2.24, 2.45) is 0 Å². The average Bonchev–Trinajstić information content (AvgIpc) is 2.54. The van der Waals surface area contributed by atoms with E-state index in [0.717, 1.165) is 22.6 Å². The molecule has 5 heteroatoms. The molecular weight excluding hydrogens is 321 g/mol. The molecule has 22 heavy (non-hydrogen) atoms. The highest BCUT2D eigenvalue weighted by molar-refractivity contribution is 6.42. The Morgan fingerprint density at radius 2 is 1.82 bits per heavy atom. The van der Waals surface area contributed by atoms with Crippen molar-refractivity contribution in [2.45, 2.75) is 19.5 Å². The summed E-state index contributed by atoms with van der Waals surface area (Å²) >= 11 is 12.0. The highest BCUT2D eigenvalue weighted by Crippen LogP contribution is 2.31. The van der Waals surface area contributed by atoms with Crippen LogP contribution in [0.4, 0.5) is 0 Å². The van der Waals surface area contributed by atoms with Gasteiger partial charge in [-0.05, 0) is 30.7 Å². The molecule has 0 fully saturated rings. The molecule has 3 nitrogen and oxygen atoms in total. The molecule has 0 heterocycles. The molecule has 118 valence electrons. The Labute approximate surface area is 141 Å². The minimum absolute atomic E-state index is 0.130. The molecule has 1 unspecified atom stereocenters. The zero-order chi connectivity index (χ0) is 16.1. The minimum Gasteiger partial charge on any atom is -0.493 e. The van der Waals surface area contributed by atoms with Gasteiger partial charge < -0.3 is 14.8 Å². The highest BCUT2D eigenvalue weighted by Gasteiger charge is 2.12. The molecule has 0 saturated carbocycles. The number of rotatable bonds is 6. The summed E-state index contributed by atoms with van der Waals surface area (Å²) in [6.07, 6.45) is 0. The summed E-state index contributed by atoms with van der Waals surface area (Å²) in [6, 6.07) is 11.6. The van der Waals surface area contributed by atoms with Crippen LogP contribution in [0.2, 0.25) is 10.0 Å². The second kappa shape index (κ2) is 7.73. The molecule has 1 atom stereocenters. The van der Waals surface area contributed by atoms with Crippen molar-refractivity contribution in [3.8, 4) is 11.5 Å². The molecule has 0 aliphatic rings. The average molecular weight is 340 g/mol. The van der Waals surface area contributed by atoms with E-state index in [1.807, 2.05) is 36.4 Å². The van der Waals surface area contributed by atoms with Gasteiger partial charge in [0.15, 0.2) is 11.5 Å². The monoisotopic (exact) mass is 339 g/mol. The van der Waals surface area contributed by atoms with E-state index >= 15 is 0 Å². The third-order valence-corrected chi connectivity index (χ3v) is 4.27. The predicted molar refractivity (Wildman–Crippen MR) is 91.3 cm³/mol. The lowest BCUT2D eigenvalue weighted by Gasteiger charge is -2.17. The molecule has 2 rings (SSSR count). The van der Waals surface area contributed by atoms with Crippen molar-refractivity contribution in [3.63, 3.8) is 0 Å². The molecule has 0 amide bonds. The van der Waals surface area contributed by atoms with Crippen LogP contribution < -0.4 is 14.8 Å². The van der Waals surface area contributed by atoms with E-state index in [1.165, 1.54) is 0 Å². The Hall–Kier alpha value is -1.42. The number of halogens is 2. The molecule has 0 spiro atoms. The van der Waals surface area contributed by atoms with Gasteiger partial charge in [-0.2, -0.15) is 0 Å². The maximum Gasteiger partial charge on any atom is 0.165 e. The van der Waals surface area contributed by atoms with Crippen LogP contribution in [0.5, 0.6) is 11.5 Å². The van der Waals surface area contributed by atoms with Gasteiger partial charge in [0.05, 0.1) is 24.3 Å². The van der Waals surface area contributed by atoms with Crippen LogP contribution in [0.3, 0.4) is 0 Å². The van der Waals surface area contributed by atoms with E-state index in [2.05, 4.69) is 12.2 Å². The van der Waals surface area contributed by atoms with Gasteiger partial charge in [0.2, 0.25) is 0 Å². The van der Waals surface area contributed by atoms with Crippen LogP contribution in [-0.4, -0.2) is 14.2 Å². The van der Waals surface area contributed by atoms with Gasteiger partial charge in [0.25, 0.3) is 0 Å². The summed E-state index contributed by atoms with van der Waals surface area (Å²) in [5.74, 6) is 1.47. The SMILES string of the molecule is COc1cccc(CNC(C)c2ccc(Cl)c(Cl)c2)c1OC. The molecule has 0 bridgehead atoms. The van der Waals surface area contributed by atoms with Crippen molar-refractivity contribution in [3.05, 3.63) is 57.6 Å². The molecule has 0 aliphatic carbocycles. The standard InChI is InChI=1S/C17H19Cl2NO2/c1-11(12-7-8-14(18)15(19)9-12)20-10-13-5-4-6-16(21-2)17(13)22-3/h4-9,11,20H,10H2,1-3H3. The molecule has 0 radical (unpaired) electrons. The zero-order valence-corrected chi connectivity index (χ0v) is 14.3. The van der Waals surface area contributed by atoms with Crippen LogP contribution in [0, 0.1) is 0 Å². The largest absolute Gasteiger partial charge is 0.493 e. The predicted octanol–water partition coefficient (Wildman–Crippen LogP) is 4.86. The summed E-state index contributed by atoms with van der Waals surface area (Å²) in [4.78, 5) is 0. The van der Waals surface area contributed by atoms with E-state index in [1.54, 1.807) is 14.2 Å². The number of methoxy groups -OCH3 is 2. The second-order valence-electron chi connectivity index (χ2n) is 4.93. The summed E-state index contributed by atoms with van der Waals surface area (Å²) in [7, 11) is 3.27. The maximum absolute atomic E-state index is 6.07. The van der Waals surface area contributed by atoms with Crippen molar-refractivity contribution >= 4 is 23.2 Å². The summed E-state index contributed by atoms with van der Waals surface area (Å²) in [5.41, 5.74) is 2.12. The van der Waals surface area contributed by atoms with Gasteiger partial charge >= 0.3 is 0 Å². The van der Waals surface area contributed by atoms with Crippen molar-refractivity contribution in [1.82, 2.24) is 5.32 Å². The summed E-state index contributed by atoms with van der Waals surface area (Å²) in [5, 5.41) is 4.57. The zero-order valence-electron chi connectivity index (χ0n) is 12.8. The van der Waals surface area contributed by atoms with Gasteiger partial charge in [-0.3, -0.25) is 0 Å². The molecule has 1 N–H and O–H groups in total. The number of hydrogen-bond donors (Lipinski definition) is 1. The van der Waals surface area contributed by atoms with Crippen molar-refractivity contribution < 1.29 is 9.47 Å². The van der Waals surface area contributed by atoms with E-state index < -0.39 is 0 Å². The van der Waals surface area contributed by atoms with Crippen molar-refractivity contribution in [2.75, 3.05) is 14.2 Å². The van der Waals surface area contributed by atoms with Gasteiger partial charge in [0.1, 0.15) is 0 Å². The fourth-order valence-corrected chi connectivity index (χ4v) is 2.56. The smallest absolute Gasteiger partial charge is 0.165 e. The number of hydrogen-bond acceptors (Lipinski definition) is 3. The normalized spacial score (nSPS) is 12.0. The fraction of sp³-hybridized carbons (Fsp3) is 0.294. The maximum atomic E-state index is 6.07. The lowest BCUT2D eigenvalue weighted by Crippen LogP contribution is -2.18. The topological polar surface area (TPSA) is 30.5 Å². The molecule has 0 aliphatic heterocycles. The van der Waals surface area contributed by atoms with Gasteiger partial charge in [-0.25, -0.2) is 0 Å².